The smallest absolute Gasteiger partial charge is 0.223 e. The third kappa shape index (κ3) is 2.70. The van der Waals surface area contributed by atoms with Crippen LogP contribution in [-0.4, -0.2) is 26.9 Å². The SMILES string of the molecule is CN(C)Cc1cc(=O)c(O)cn1I. The molecule has 72 valence electrons. The highest BCUT2D eigenvalue weighted by atomic mass is 127. The predicted molar refractivity (Wildman–Crippen MR) is 59.2 cm³/mol. The van der Waals surface area contributed by atoms with E-state index in [1.54, 1.807) is 2.78 Å². The molecule has 0 saturated carbocycles. The summed E-state index contributed by atoms with van der Waals surface area (Å²) in [5.41, 5.74) is 0.540. The van der Waals surface area contributed by atoms with Crippen LogP contribution in [0.2, 0.25) is 0 Å². The van der Waals surface area contributed by atoms with Crippen LogP contribution in [-0.2, 0) is 6.54 Å². The fraction of sp³-hybridized carbons (Fsp3) is 0.375. The Morgan fingerprint density at radius 2 is 2.23 bits per heavy atom. The van der Waals surface area contributed by atoms with Gasteiger partial charge in [-0.15, -0.1) is 0 Å². The highest BCUT2D eigenvalue weighted by molar-refractivity contribution is 14.1. The molecule has 0 unspecified atom stereocenters. The molecule has 0 aliphatic carbocycles. The van der Waals surface area contributed by atoms with Crippen molar-refractivity contribution in [2.75, 3.05) is 14.1 Å². The summed E-state index contributed by atoms with van der Waals surface area (Å²) >= 11 is 2.03. The maximum atomic E-state index is 11.1. The van der Waals surface area contributed by atoms with Gasteiger partial charge >= 0.3 is 0 Å². The summed E-state index contributed by atoms with van der Waals surface area (Å²) in [6.45, 7) is 0.679. The second kappa shape index (κ2) is 4.10. The fourth-order valence-electron chi connectivity index (χ4n) is 0.978. The van der Waals surface area contributed by atoms with E-state index in [0.29, 0.717) is 6.54 Å². The molecule has 0 fully saturated rings. The molecule has 0 radical (unpaired) electrons. The molecule has 4 nitrogen and oxygen atoms in total. The second-order valence-corrected chi connectivity index (χ2v) is 4.10. The second-order valence-electron chi connectivity index (χ2n) is 3.06. The van der Waals surface area contributed by atoms with Crippen molar-refractivity contribution in [3.63, 3.8) is 0 Å². The van der Waals surface area contributed by atoms with Crippen LogP contribution in [0.25, 0.3) is 0 Å². The van der Waals surface area contributed by atoms with E-state index in [2.05, 4.69) is 0 Å². The molecule has 5 heteroatoms. The van der Waals surface area contributed by atoms with Gasteiger partial charge in [-0.2, -0.15) is 0 Å². The lowest BCUT2D eigenvalue weighted by Gasteiger charge is -2.12. The minimum atomic E-state index is -0.329. The van der Waals surface area contributed by atoms with Crippen molar-refractivity contribution in [3.05, 3.63) is 28.2 Å². The maximum absolute atomic E-state index is 11.1. The first-order valence-electron chi connectivity index (χ1n) is 3.76. The van der Waals surface area contributed by atoms with E-state index in [-0.39, 0.29) is 11.2 Å². The molecular formula is C8H11IN2O2. The Morgan fingerprint density at radius 3 is 2.77 bits per heavy atom. The highest BCUT2D eigenvalue weighted by Gasteiger charge is 2.04. The van der Waals surface area contributed by atoms with Gasteiger partial charge in [-0.05, 0) is 14.1 Å². The molecule has 0 atom stereocenters. The van der Waals surface area contributed by atoms with E-state index in [1.807, 2.05) is 41.9 Å². The lowest BCUT2D eigenvalue weighted by molar-refractivity contribution is 0.394. The van der Waals surface area contributed by atoms with Gasteiger partial charge in [-0.3, -0.25) is 7.58 Å². The number of aromatic nitrogens is 1. The minimum Gasteiger partial charge on any atom is -0.503 e. The van der Waals surface area contributed by atoms with Crippen LogP contribution in [0.15, 0.2) is 17.1 Å². The number of nitrogens with zero attached hydrogens (tertiary/aromatic N) is 2. The van der Waals surface area contributed by atoms with E-state index < -0.39 is 0 Å². The van der Waals surface area contributed by atoms with Gasteiger partial charge in [0, 0.05) is 18.3 Å². The van der Waals surface area contributed by atoms with E-state index in [0.717, 1.165) is 5.69 Å². The Labute approximate surface area is 90.3 Å². The van der Waals surface area contributed by atoms with Crippen molar-refractivity contribution < 1.29 is 5.11 Å². The molecule has 13 heavy (non-hydrogen) atoms. The first kappa shape index (κ1) is 10.5. The van der Waals surface area contributed by atoms with Crippen molar-refractivity contribution in [1.29, 1.82) is 0 Å². The molecule has 1 aromatic heterocycles. The number of pyridine rings is 1. The zero-order valence-corrected chi connectivity index (χ0v) is 9.65. The Kier molecular flexibility index (Phi) is 3.32. The van der Waals surface area contributed by atoms with Crippen LogP contribution in [0.5, 0.6) is 5.75 Å². The Balaban J connectivity index is 3.09. The summed E-state index contributed by atoms with van der Waals surface area (Å²) in [6, 6.07) is 1.45. The Morgan fingerprint density at radius 1 is 1.62 bits per heavy atom. The Bertz CT molecular complexity index is 360. The number of halogens is 1. The minimum absolute atomic E-state index is 0.211. The lowest BCUT2D eigenvalue weighted by Crippen LogP contribution is -2.16. The van der Waals surface area contributed by atoms with Gasteiger partial charge in [0.05, 0.1) is 29.1 Å². The van der Waals surface area contributed by atoms with Gasteiger partial charge < -0.3 is 10.0 Å². The summed E-state index contributed by atoms with van der Waals surface area (Å²) in [6.07, 6.45) is 1.42. The van der Waals surface area contributed by atoms with Gasteiger partial charge in [-0.25, -0.2) is 0 Å². The number of rotatable bonds is 2. The zero-order chi connectivity index (χ0) is 10.0. The Hall–Kier alpha value is -0.560. The van der Waals surface area contributed by atoms with Crippen molar-refractivity contribution in [1.82, 2.24) is 7.68 Å². The first-order valence-corrected chi connectivity index (χ1v) is 4.72. The average Bonchev–Trinajstić information content (AvgIpc) is 1.99. The van der Waals surface area contributed by atoms with Crippen LogP contribution in [0.4, 0.5) is 0 Å². The molecule has 0 saturated heterocycles. The summed E-state index contributed by atoms with van der Waals surface area (Å²) in [5, 5.41) is 9.11. The van der Waals surface area contributed by atoms with Crippen LogP contribution in [0, 0.1) is 0 Å². The third-order valence-corrected chi connectivity index (χ3v) is 2.44. The molecule has 1 rings (SSSR count). The molecule has 0 aliphatic rings. The topological polar surface area (TPSA) is 45.5 Å². The van der Waals surface area contributed by atoms with Crippen molar-refractivity contribution in [2.45, 2.75) is 6.54 Å². The summed E-state index contributed by atoms with van der Waals surface area (Å²) in [5.74, 6) is -0.211. The van der Waals surface area contributed by atoms with Gasteiger partial charge in [0.1, 0.15) is 0 Å². The van der Waals surface area contributed by atoms with E-state index in [1.165, 1.54) is 12.3 Å². The number of aromatic hydroxyl groups is 1. The summed E-state index contributed by atoms with van der Waals surface area (Å²) in [4.78, 5) is 13.0. The van der Waals surface area contributed by atoms with Crippen molar-refractivity contribution in [2.24, 2.45) is 0 Å². The third-order valence-electron chi connectivity index (χ3n) is 1.54. The van der Waals surface area contributed by atoms with E-state index in [9.17, 15) is 4.79 Å². The zero-order valence-electron chi connectivity index (χ0n) is 7.49. The molecule has 1 heterocycles. The normalized spacial score (nSPS) is 10.8. The largest absolute Gasteiger partial charge is 0.503 e. The van der Waals surface area contributed by atoms with Crippen LogP contribution < -0.4 is 5.43 Å². The van der Waals surface area contributed by atoms with Crippen molar-refractivity contribution >= 4 is 22.9 Å². The fourth-order valence-corrected chi connectivity index (χ4v) is 1.53. The van der Waals surface area contributed by atoms with E-state index >= 15 is 0 Å². The average molecular weight is 294 g/mol. The molecule has 1 aromatic rings. The molecule has 0 aliphatic heterocycles. The summed E-state index contributed by atoms with van der Waals surface area (Å²) in [7, 11) is 3.85. The van der Waals surface area contributed by atoms with Crippen molar-refractivity contribution in [3.8, 4) is 5.75 Å². The number of hydrogen-bond donors (Lipinski definition) is 1. The first-order chi connectivity index (χ1) is 6.00. The van der Waals surface area contributed by atoms with Crippen LogP contribution >= 0.6 is 22.9 Å². The molecular weight excluding hydrogens is 283 g/mol. The maximum Gasteiger partial charge on any atom is 0.223 e. The lowest BCUT2D eigenvalue weighted by atomic mass is 10.3. The van der Waals surface area contributed by atoms with Gasteiger partial charge in [0.25, 0.3) is 0 Å². The van der Waals surface area contributed by atoms with E-state index in [4.69, 9.17) is 5.11 Å². The highest BCUT2D eigenvalue weighted by Crippen LogP contribution is 2.09. The van der Waals surface area contributed by atoms with Gasteiger partial charge in [-0.1, -0.05) is 0 Å². The molecule has 0 spiro atoms. The molecule has 0 aromatic carbocycles. The monoisotopic (exact) mass is 294 g/mol. The van der Waals surface area contributed by atoms with Crippen LogP contribution in [0.3, 0.4) is 0 Å². The standard InChI is InChI=1S/C8H11IN2O2/c1-10(2)4-6-3-7(12)8(13)5-11(6)9/h3,5,13H,4H2,1-2H3. The quantitative estimate of drug-likeness (QED) is 0.821. The van der Waals surface area contributed by atoms with Gasteiger partial charge in [0.2, 0.25) is 5.43 Å². The molecule has 0 amide bonds. The number of hydrogen-bond acceptors (Lipinski definition) is 3. The summed E-state index contributed by atoms with van der Waals surface area (Å²) < 4.78 is 1.72. The predicted octanol–water partition coefficient (Wildman–Crippen LogP) is 0.814. The molecule has 1 N–H and O–H groups in total. The molecule has 0 bridgehead atoms. The van der Waals surface area contributed by atoms with Crippen LogP contribution in [0.1, 0.15) is 5.69 Å². The van der Waals surface area contributed by atoms with Gasteiger partial charge in [0.15, 0.2) is 5.75 Å².